The standard InChI is InChI=1S/C21H33N3OS/c1-8-24(7)12-10-17-13-16(3)18(14-15(17)2)25-20(26)23-19(22)9-11-21(4,5)6/h9,11,13-14H,8,10,12H2,1-7H3,(H2,22,23,26)/b11-9+. The van der Waals surface area contributed by atoms with Crippen molar-refractivity contribution in [2.24, 2.45) is 16.1 Å². The van der Waals surface area contributed by atoms with Gasteiger partial charge in [-0.25, -0.2) is 0 Å². The predicted octanol–water partition coefficient (Wildman–Crippen LogP) is 4.42. The highest BCUT2D eigenvalue weighted by atomic mass is 32.1. The van der Waals surface area contributed by atoms with Gasteiger partial charge in [-0.1, -0.05) is 39.8 Å². The van der Waals surface area contributed by atoms with Gasteiger partial charge in [-0.3, -0.25) is 0 Å². The van der Waals surface area contributed by atoms with Crippen LogP contribution in [0.15, 0.2) is 29.3 Å². The number of nitrogens with two attached hydrogens (primary N) is 1. The van der Waals surface area contributed by atoms with Gasteiger partial charge in [0.15, 0.2) is 0 Å². The fraction of sp³-hybridized carbons (Fsp3) is 0.524. The molecule has 1 aromatic rings. The molecule has 0 saturated carbocycles. The summed E-state index contributed by atoms with van der Waals surface area (Å²) >= 11 is 5.23. The lowest BCUT2D eigenvalue weighted by molar-refractivity contribution is 0.357. The Morgan fingerprint density at radius 2 is 1.92 bits per heavy atom. The molecule has 0 saturated heterocycles. The van der Waals surface area contributed by atoms with Gasteiger partial charge < -0.3 is 15.4 Å². The SMILES string of the molecule is CCN(C)CCc1cc(C)c(OC(=S)N=C(N)/C=C/C(C)(C)C)cc1C. The Hall–Kier alpha value is -1.72. The van der Waals surface area contributed by atoms with Gasteiger partial charge in [0.2, 0.25) is 0 Å². The molecule has 0 aliphatic carbocycles. The number of aryl methyl sites for hydroxylation is 2. The molecule has 0 aliphatic heterocycles. The molecule has 0 fully saturated rings. The summed E-state index contributed by atoms with van der Waals surface area (Å²) < 4.78 is 5.75. The number of amidine groups is 1. The van der Waals surface area contributed by atoms with E-state index < -0.39 is 0 Å². The summed E-state index contributed by atoms with van der Waals surface area (Å²) in [5.74, 6) is 1.08. The number of hydrogen-bond donors (Lipinski definition) is 1. The van der Waals surface area contributed by atoms with E-state index in [0.717, 1.165) is 30.8 Å². The molecule has 1 aromatic carbocycles. The van der Waals surface area contributed by atoms with E-state index in [1.165, 1.54) is 11.1 Å². The molecule has 5 heteroatoms. The van der Waals surface area contributed by atoms with E-state index in [1.54, 1.807) is 6.08 Å². The number of ether oxygens (including phenoxy) is 1. The Balaban J connectivity index is 2.82. The van der Waals surface area contributed by atoms with E-state index in [1.807, 2.05) is 19.1 Å². The average Bonchev–Trinajstić information content (AvgIpc) is 2.53. The van der Waals surface area contributed by atoms with Gasteiger partial charge in [-0.05, 0) is 80.3 Å². The number of likely N-dealkylation sites (N-methyl/N-ethyl adjacent to an activating group) is 1. The molecule has 2 N–H and O–H groups in total. The largest absolute Gasteiger partial charge is 0.430 e. The first kappa shape index (κ1) is 22.3. The van der Waals surface area contributed by atoms with Crippen LogP contribution in [0, 0.1) is 19.3 Å². The van der Waals surface area contributed by atoms with E-state index in [2.05, 4.69) is 57.6 Å². The molecule has 0 radical (unpaired) electrons. The molecule has 1 rings (SSSR count). The molecule has 4 nitrogen and oxygen atoms in total. The quantitative estimate of drug-likeness (QED) is 0.454. The van der Waals surface area contributed by atoms with Crippen LogP contribution < -0.4 is 10.5 Å². The highest BCUT2D eigenvalue weighted by Crippen LogP contribution is 2.24. The summed E-state index contributed by atoms with van der Waals surface area (Å²) in [5.41, 5.74) is 9.51. The third-order valence-electron chi connectivity index (χ3n) is 4.11. The van der Waals surface area contributed by atoms with Crippen LogP contribution in [0.1, 0.15) is 44.4 Å². The first-order valence-corrected chi connectivity index (χ1v) is 9.46. The third kappa shape index (κ3) is 8.11. The van der Waals surface area contributed by atoms with Gasteiger partial charge >= 0.3 is 0 Å². The summed E-state index contributed by atoms with van der Waals surface area (Å²) in [6, 6.07) is 4.20. The van der Waals surface area contributed by atoms with Gasteiger partial charge in [-0.2, -0.15) is 4.99 Å². The van der Waals surface area contributed by atoms with Crippen molar-refractivity contribution in [3.05, 3.63) is 41.0 Å². The van der Waals surface area contributed by atoms with Crippen molar-refractivity contribution in [2.75, 3.05) is 20.1 Å². The second kappa shape index (κ2) is 9.83. The van der Waals surface area contributed by atoms with E-state index in [4.69, 9.17) is 22.7 Å². The minimum atomic E-state index is 0.0397. The van der Waals surface area contributed by atoms with E-state index in [-0.39, 0.29) is 10.6 Å². The fourth-order valence-corrected chi connectivity index (χ4v) is 2.49. The molecule has 0 bridgehead atoms. The number of rotatable bonds is 6. The molecule has 144 valence electrons. The Labute approximate surface area is 164 Å². The van der Waals surface area contributed by atoms with Gasteiger partial charge in [-0.15, -0.1) is 0 Å². The van der Waals surface area contributed by atoms with Crippen LogP contribution >= 0.6 is 12.2 Å². The van der Waals surface area contributed by atoms with Crippen molar-refractivity contribution in [1.29, 1.82) is 0 Å². The first-order chi connectivity index (χ1) is 12.0. The minimum absolute atomic E-state index is 0.0397. The van der Waals surface area contributed by atoms with Crippen LogP contribution in [-0.4, -0.2) is 36.0 Å². The maximum Gasteiger partial charge on any atom is 0.290 e. The summed E-state index contributed by atoms with van der Waals surface area (Å²) in [7, 11) is 2.13. The van der Waals surface area contributed by atoms with Crippen molar-refractivity contribution in [2.45, 2.75) is 48.0 Å². The topological polar surface area (TPSA) is 50.8 Å². The van der Waals surface area contributed by atoms with Crippen molar-refractivity contribution in [3.63, 3.8) is 0 Å². The molecule has 0 atom stereocenters. The number of aliphatic imine (C=N–C) groups is 1. The lowest BCUT2D eigenvalue weighted by Gasteiger charge is -2.16. The molecule has 0 aromatic heterocycles. The van der Waals surface area contributed by atoms with Crippen molar-refractivity contribution in [1.82, 2.24) is 4.90 Å². The maximum absolute atomic E-state index is 5.90. The van der Waals surface area contributed by atoms with Crippen LogP contribution in [0.25, 0.3) is 0 Å². The molecule has 0 aliphatic rings. The number of allylic oxidation sites excluding steroid dienone is 1. The Morgan fingerprint density at radius 1 is 1.27 bits per heavy atom. The lowest BCUT2D eigenvalue weighted by atomic mass is 9.96. The minimum Gasteiger partial charge on any atom is -0.430 e. The van der Waals surface area contributed by atoms with E-state index in [9.17, 15) is 0 Å². The van der Waals surface area contributed by atoms with Crippen LogP contribution in [0.5, 0.6) is 5.75 Å². The van der Waals surface area contributed by atoms with Crippen molar-refractivity contribution >= 4 is 23.2 Å². The maximum atomic E-state index is 5.90. The highest BCUT2D eigenvalue weighted by molar-refractivity contribution is 7.80. The van der Waals surface area contributed by atoms with E-state index in [0.29, 0.717) is 5.84 Å². The van der Waals surface area contributed by atoms with Gasteiger partial charge in [0.05, 0.1) is 0 Å². The summed E-state index contributed by atoms with van der Waals surface area (Å²) in [6.45, 7) is 14.7. The number of nitrogens with zero attached hydrogens (tertiary/aromatic N) is 2. The molecule has 0 amide bonds. The Kier molecular flexibility index (Phi) is 8.44. The zero-order valence-corrected chi connectivity index (χ0v) is 18.0. The van der Waals surface area contributed by atoms with Crippen LogP contribution in [0.2, 0.25) is 0 Å². The number of thiocarbonyl (C=S) groups is 1. The van der Waals surface area contributed by atoms with Crippen molar-refractivity contribution in [3.8, 4) is 5.75 Å². The molecular formula is C21H33N3OS. The van der Waals surface area contributed by atoms with Gasteiger partial charge in [0, 0.05) is 6.54 Å². The molecule has 0 heterocycles. The third-order valence-corrected chi connectivity index (χ3v) is 4.28. The normalized spacial score (nSPS) is 12.8. The smallest absolute Gasteiger partial charge is 0.290 e. The predicted molar refractivity (Wildman–Crippen MR) is 116 cm³/mol. The summed E-state index contributed by atoms with van der Waals surface area (Å²) in [5, 5.41) is 0.127. The first-order valence-electron chi connectivity index (χ1n) is 9.05. The second-order valence-corrected chi connectivity index (χ2v) is 8.14. The molecular weight excluding hydrogens is 342 g/mol. The Morgan fingerprint density at radius 3 is 2.50 bits per heavy atom. The Bertz CT molecular complexity index is 687. The van der Waals surface area contributed by atoms with Gasteiger partial charge in [0.1, 0.15) is 11.6 Å². The summed E-state index contributed by atoms with van der Waals surface area (Å²) in [6.07, 6.45) is 4.78. The zero-order chi connectivity index (χ0) is 19.9. The van der Waals surface area contributed by atoms with Crippen LogP contribution in [0.4, 0.5) is 0 Å². The van der Waals surface area contributed by atoms with Crippen LogP contribution in [0.3, 0.4) is 0 Å². The van der Waals surface area contributed by atoms with Crippen molar-refractivity contribution < 1.29 is 4.74 Å². The number of hydrogen-bond acceptors (Lipinski definition) is 3. The van der Waals surface area contributed by atoms with Crippen LogP contribution in [-0.2, 0) is 6.42 Å². The second-order valence-electron chi connectivity index (χ2n) is 7.79. The fourth-order valence-electron chi connectivity index (χ4n) is 2.29. The average molecular weight is 376 g/mol. The molecule has 26 heavy (non-hydrogen) atoms. The molecule has 0 spiro atoms. The highest BCUT2D eigenvalue weighted by Gasteiger charge is 2.09. The van der Waals surface area contributed by atoms with E-state index >= 15 is 0 Å². The van der Waals surface area contributed by atoms with Gasteiger partial charge in [0.25, 0.3) is 5.17 Å². The number of benzene rings is 1. The monoisotopic (exact) mass is 375 g/mol. The zero-order valence-electron chi connectivity index (χ0n) is 17.2. The summed E-state index contributed by atoms with van der Waals surface area (Å²) in [4.78, 5) is 6.45. The lowest BCUT2D eigenvalue weighted by Crippen LogP contribution is -2.20. The molecule has 0 unspecified atom stereocenters.